The molecule has 0 fully saturated rings. The Bertz CT molecular complexity index is 683. The third-order valence-corrected chi connectivity index (χ3v) is 3.92. The zero-order valence-electron chi connectivity index (χ0n) is 13.1. The van der Waals surface area contributed by atoms with Crippen LogP contribution in [-0.2, 0) is 11.3 Å². The summed E-state index contributed by atoms with van der Waals surface area (Å²) in [6, 6.07) is 15.4. The van der Waals surface area contributed by atoms with E-state index in [1.807, 2.05) is 55.5 Å². The number of aryl methyl sites for hydroxylation is 1. The van der Waals surface area contributed by atoms with Crippen molar-refractivity contribution < 1.29 is 9.90 Å². The topological polar surface area (TPSA) is 40.5 Å². The minimum atomic E-state index is -0.139. The van der Waals surface area contributed by atoms with Crippen molar-refractivity contribution in [1.82, 2.24) is 4.90 Å². The van der Waals surface area contributed by atoms with Crippen LogP contribution < -0.4 is 0 Å². The average molecular weight is 330 g/mol. The van der Waals surface area contributed by atoms with Crippen LogP contribution in [0.2, 0.25) is 5.02 Å². The molecule has 1 N–H and O–H groups in total. The van der Waals surface area contributed by atoms with Crippen molar-refractivity contribution in [3.8, 4) is 0 Å². The van der Waals surface area contributed by atoms with Crippen LogP contribution in [-0.4, -0.2) is 29.1 Å². The third kappa shape index (κ3) is 5.23. The number of benzene rings is 2. The van der Waals surface area contributed by atoms with Gasteiger partial charge in [-0.1, -0.05) is 54.1 Å². The Hall–Kier alpha value is -2.10. The third-order valence-electron chi connectivity index (χ3n) is 3.51. The zero-order valence-corrected chi connectivity index (χ0v) is 13.8. The Morgan fingerprint density at radius 3 is 2.61 bits per heavy atom. The number of hydrogen-bond acceptors (Lipinski definition) is 2. The molecule has 2 aromatic rings. The highest BCUT2D eigenvalue weighted by Crippen LogP contribution is 2.17. The zero-order chi connectivity index (χ0) is 16.7. The molecule has 0 bridgehead atoms. The van der Waals surface area contributed by atoms with E-state index < -0.39 is 0 Å². The van der Waals surface area contributed by atoms with Gasteiger partial charge in [-0.15, -0.1) is 0 Å². The Morgan fingerprint density at radius 2 is 1.96 bits per heavy atom. The van der Waals surface area contributed by atoms with Gasteiger partial charge in [-0.05, 0) is 35.8 Å². The maximum atomic E-state index is 12.4. The van der Waals surface area contributed by atoms with E-state index in [4.69, 9.17) is 11.6 Å². The van der Waals surface area contributed by atoms with Gasteiger partial charge in [0.25, 0.3) is 0 Å². The molecular weight excluding hydrogens is 310 g/mol. The molecule has 0 aliphatic carbocycles. The molecule has 0 saturated heterocycles. The Kier molecular flexibility index (Phi) is 6.39. The summed E-state index contributed by atoms with van der Waals surface area (Å²) in [6.07, 6.45) is 3.25. The highest BCUT2D eigenvalue weighted by Gasteiger charge is 2.10. The maximum absolute atomic E-state index is 12.4. The standard InChI is InChI=1S/C19H20ClNO2/c1-15-7-8-16(13-18(15)20)9-10-19(23)21(11-12-22)14-17-5-3-2-4-6-17/h2-10,13,22H,11-12,14H2,1H3/b10-9+. The summed E-state index contributed by atoms with van der Waals surface area (Å²) >= 11 is 6.09. The highest BCUT2D eigenvalue weighted by atomic mass is 35.5. The summed E-state index contributed by atoms with van der Waals surface area (Å²) in [4.78, 5) is 14.0. The van der Waals surface area contributed by atoms with Crippen LogP contribution in [0, 0.1) is 6.92 Å². The Labute approximate surface area is 141 Å². The van der Waals surface area contributed by atoms with E-state index in [0.29, 0.717) is 18.1 Å². The first-order valence-corrected chi connectivity index (χ1v) is 7.86. The minimum absolute atomic E-state index is 0.0667. The summed E-state index contributed by atoms with van der Waals surface area (Å²) in [7, 11) is 0. The molecular formula is C19H20ClNO2. The van der Waals surface area contributed by atoms with E-state index in [2.05, 4.69) is 0 Å². The van der Waals surface area contributed by atoms with Crippen molar-refractivity contribution in [3.63, 3.8) is 0 Å². The maximum Gasteiger partial charge on any atom is 0.246 e. The normalized spacial score (nSPS) is 10.9. The van der Waals surface area contributed by atoms with Gasteiger partial charge in [0.15, 0.2) is 0 Å². The molecule has 0 aromatic heterocycles. The summed E-state index contributed by atoms with van der Waals surface area (Å²) in [6.45, 7) is 2.64. The number of aliphatic hydroxyl groups excluding tert-OH is 1. The van der Waals surface area contributed by atoms with Crippen molar-refractivity contribution in [2.24, 2.45) is 0 Å². The minimum Gasteiger partial charge on any atom is -0.395 e. The summed E-state index contributed by atoms with van der Waals surface area (Å²) in [5.74, 6) is -0.139. The van der Waals surface area contributed by atoms with Crippen LogP contribution in [0.1, 0.15) is 16.7 Å². The molecule has 0 atom stereocenters. The van der Waals surface area contributed by atoms with Crippen molar-refractivity contribution in [3.05, 3.63) is 76.3 Å². The molecule has 0 unspecified atom stereocenters. The number of nitrogens with zero attached hydrogens (tertiary/aromatic N) is 1. The first kappa shape index (κ1) is 17.3. The van der Waals surface area contributed by atoms with Gasteiger partial charge in [-0.2, -0.15) is 0 Å². The SMILES string of the molecule is Cc1ccc(/C=C/C(=O)N(CCO)Cc2ccccc2)cc1Cl. The van der Waals surface area contributed by atoms with Crippen LogP contribution in [0.25, 0.3) is 6.08 Å². The molecule has 3 nitrogen and oxygen atoms in total. The van der Waals surface area contributed by atoms with Gasteiger partial charge in [0, 0.05) is 24.2 Å². The Morgan fingerprint density at radius 1 is 1.22 bits per heavy atom. The summed E-state index contributed by atoms with van der Waals surface area (Å²) in [5, 5.41) is 9.86. The molecule has 0 aliphatic rings. The predicted molar refractivity (Wildman–Crippen MR) is 94.2 cm³/mol. The second kappa shape index (κ2) is 8.51. The van der Waals surface area contributed by atoms with E-state index in [1.54, 1.807) is 11.0 Å². The first-order valence-electron chi connectivity index (χ1n) is 7.48. The number of carbonyl (C=O) groups is 1. The molecule has 0 radical (unpaired) electrons. The number of aliphatic hydroxyl groups is 1. The Balaban J connectivity index is 2.08. The predicted octanol–water partition coefficient (Wildman–Crippen LogP) is 3.68. The average Bonchev–Trinajstić information content (AvgIpc) is 2.56. The van der Waals surface area contributed by atoms with Gasteiger partial charge in [-0.25, -0.2) is 0 Å². The smallest absolute Gasteiger partial charge is 0.246 e. The van der Waals surface area contributed by atoms with Gasteiger partial charge < -0.3 is 10.0 Å². The van der Waals surface area contributed by atoms with Crippen molar-refractivity contribution in [1.29, 1.82) is 0 Å². The van der Waals surface area contributed by atoms with E-state index in [0.717, 1.165) is 16.7 Å². The lowest BCUT2D eigenvalue weighted by atomic mass is 10.1. The number of hydrogen-bond donors (Lipinski definition) is 1. The lowest BCUT2D eigenvalue weighted by Crippen LogP contribution is -2.31. The van der Waals surface area contributed by atoms with Crippen LogP contribution in [0.3, 0.4) is 0 Å². The second-order valence-corrected chi connectivity index (χ2v) is 5.72. The quantitative estimate of drug-likeness (QED) is 0.821. The van der Waals surface area contributed by atoms with Gasteiger partial charge in [-0.3, -0.25) is 4.79 Å². The van der Waals surface area contributed by atoms with Crippen molar-refractivity contribution in [2.45, 2.75) is 13.5 Å². The fraction of sp³-hybridized carbons (Fsp3) is 0.211. The molecule has 1 amide bonds. The molecule has 0 spiro atoms. The number of rotatable bonds is 6. The molecule has 23 heavy (non-hydrogen) atoms. The van der Waals surface area contributed by atoms with Gasteiger partial charge in [0.2, 0.25) is 5.91 Å². The molecule has 0 saturated carbocycles. The highest BCUT2D eigenvalue weighted by molar-refractivity contribution is 6.31. The number of amides is 1. The van der Waals surface area contributed by atoms with Gasteiger partial charge in [0.05, 0.1) is 6.61 Å². The lowest BCUT2D eigenvalue weighted by molar-refractivity contribution is -0.127. The monoisotopic (exact) mass is 329 g/mol. The van der Waals surface area contributed by atoms with Crippen molar-refractivity contribution >= 4 is 23.6 Å². The van der Waals surface area contributed by atoms with E-state index in [-0.39, 0.29) is 12.5 Å². The van der Waals surface area contributed by atoms with E-state index in [9.17, 15) is 9.90 Å². The molecule has 0 heterocycles. The van der Waals surface area contributed by atoms with Crippen LogP contribution in [0.15, 0.2) is 54.6 Å². The number of carbonyl (C=O) groups excluding carboxylic acids is 1. The van der Waals surface area contributed by atoms with Crippen molar-refractivity contribution in [2.75, 3.05) is 13.2 Å². The summed E-state index contributed by atoms with van der Waals surface area (Å²) < 4.78 is 0. The van der Waals surface area contributed by atoms with Crippen LogP contribution in [0.4, 0.5) is 0 Å². The largest absolute Gasteiger partial charge is 0.395 e. The molecule has 120 valence electrons. The van der Waals surface area contributed by atoms with Gasteiger partial charge in [0.1, 0.15) is 0 Å². The molecule has 2 aromatic carbocycles. The summed E-state index contributed by atoms with van der Waals surface area (Å²) in [5.41, 5.74) is 2.90. The fourth-order valence-corrected chi connectivity index (χ4v) is 2.37. The lowest BCUT2D eigenvalue weighted by Gasteiger charge is -2.20. The second-order valence-electron chi connectivity index (χ2n) is 5.31. The fourth-order valence-electron chi connectivity index (χ4n) is 2.18. The number of halogens is 1. The van der Waals surface area contributed by atoms with E-state index >= 15 is 0 Å². The first-order chi connectivity index (χ1) is 11.1. The van der Waals surface area contributed by atoms with Crippen LogP contribution in [0.5, 0.6) is 0 Å². The van der Waals surface area contributed by atoms with Crippen LogP contribution >= 0.6 is 11.6 Å². The molecule has 0 aliphatic heterocycles. The molecule has 2 rings (SSSR count). The van der Waals surface area contributed by atoms with E-state index in [1.165, 1.54) is 6.08 Å². The van der Waals surface area contributed by atoms with Gasteiger partial charge >= 0.3 is 0 Å². The molecule has 4 heteroatoms.